The fourth-order valence-electron chi connectivity index (χ4n) is 2.46. The molecule has 2 aromatic rings. The Bertz CT molecular complexity index is 623. The summed E-state index contributed by atoms with van der Waals surface area (Å²) in [6, 6.07) is 12.4. The molecule has 3 heteroatoms. The third-order valence-electron chi connectivity index (χ3n) is 3.48. The van der Waals surface area contributed by atoms with E-state index in [-0.39, 0.29) is 0 Å². The second-order valence-electron chi connectivity index (χ2n) is 5.56. The van der Waals surface area contributed by atoms with E-state index in [9.17, 15) is 0 Å². The average Bonchev–Trinajstić information content (AvgIpc) is 2.42. The van der Waals surface area contributed by atoms with Gasteiger partial charge in [-0.05, 0) is 61.3 Å². The lowest BCUT2D eigenvalue weighted by Crippen LogP contribution is -2.06. The van der Waals surface area contributed by atoms with E-state index in [4.69, 9.17) is 4.74 Å². The SMILES string of the molecule is CNCc1cc(Br)ccc1Oc1ccc(C(C)C)c(C)c1. The molecule has 0 aliphatic heterocycles. The number of rotatable bonds is 5. The first-order valence-electron chi connectivity index (χ1n) is 7.22. The Kier molecular flexibility index (Phi) is 5.43. The van der Waals surface area contributed by atoms with Crippen LogP contribution in [0.2, 0.25) is 0 Å². The maximum absolute atomic E-state index is 6.07. The zero-order chi connectivity index (χ0) is 15.4. The number of hydrogen-bond donors (Lipinski definition) is 1. The number of benzene rings is 2. The molecule has 0 amide bonds. The first kappa shape index (κ1) is 16.1. The number of hydrogen-bond acceptors (Lipinski definition) is 2. The lowest BCUT2D eigenvalue weighted by molar-refractivity contribution is 0.473. The van der Waals surface area contributed by atoms with E-state index in [1.165, 1.54) is 11.1 Å². The zero-order valence-corrected chi connectivity index (χ0v) is 14.6. The summed E-state index contributed by atoms with van der Waals surface area (Å²) in [5.41, 5.74) is 3.78. The highest BCUT2D eigenvalue weighted by molar-refractivity contribution is 9.10. The van der Waals surface area contributed by atoms with Crippen LogP contribution in [0.1, 0.15) is 36.5 Å². The van der Waals surface area contributed by atoms with Crippen LogP contribution in [0.15, 0.2) is 40.9 Å². The summed E-state index contributed by atoms with van der Waals surface area (Å²) >= 11 is 3.51. The van der Waals surface area contributed by atoms with Crippen molar-refractivity contribution in [3.05, 3.63) is 57.6 Å². The molecular weight excluding hydrogens is 326 g/mol. The predicted molar refractivity (Wildman–Crippen MR) is 92.2 cm³/mol. The summed E-state index contributed by atoms with van der Waals surface area (Å²) < 4.78 is 7.13. The fraction of sp³-hybridized carbons (Fsp3) is 0.333. The standard InChI is InChI=1S/C18H22BrNO/c1-12(2)17-7-6-16(9-13(17)3)21-18-8-5-15(19)10-14(18)11-20-4/h5-10,12,20H,11H2,1-4H3. The van der Waals surface area contributed by atoms with E-state index in [1.54, 1.807) is 0 Å². The summed E-state index contributed by atoms with van der Waals surface area (Å²) in [6.45, 7) is 7.33. The Morgan fingerprint density at radius 1 is 1.14 bits per heavy atom. The van der Waals surface area contributed by atoms with Gasteiger partial charge in [0, 0.05) is 16.6 Å². The molecule has 0 saturated carbocycles. The number of aryl methyl sites for hydroxylation is 1. The van der Waals surface area contributed by atoms with E-state index in [0.29, 0.717) is 5.92 Å². The van der Waals surface area contributed by atoms with Gasteiger partial charge in [-0.2, -0.15) is 0 Å². The summed E-state index contributed by atoms with van der Waals surface area (Å²) in [4.78, 5) is 0. The first-order valence-corrected chi connectivity index (χ1v) is 8.02. The first-order chi connectivity index (χ1) is 10.0. The monoisotopic (exact) mass is 347 g/mol. The molecule has 0 radical (unpaired) electrons. The second-order valence-corrected chi connectivity index (χ2v) is 6.47. The fourth-order valence-corrected chi connectivity index (χ4v) is 2.87. The van der Waals surface area contributed by atoms with Gasteiger partial charge in [0.1, 0.15) is 11.5 Å². The largest absolute Gasteiger partial charge is 0.457 e. The molecule has 2 nitrogen and oxygen atoms in total. The molecule has 0 bridgehead atoms. The molecule has 0 saturated heterocycles. The van der Waals surface area contributed by atoms with Gasteiger partial charge in [-0.1, -0.05) is 35.8 Å². The number of nitrogens with one attached hydrogen (secondary N) is 1. The van der Waals surface area contributed by atoms with E-state index >= 15 is 0 Å². The van der Waals surface area contributed by atoms with Crippen LogP contribution in [0.25, 0.3) is 0 Å². The van der Waals surface area contributed by atoms with Crippen LogP contribution in [-0.2, 0) is 6.54 Å². The molecule has 0 unspecified atom stereocenters. The van der Waals surface area contributed by atoms with E-state index in [2.05, 4.69) is 60.2 Å². The van der Waals surface area contributed by atoms with Crippen molar-refractivity contribution in [2.24, 2.45) is 0 Å². The summed E-state index contributed by atoms with van der Waals surface area (Å²) in [5, 5.41) is 3.17. The minimum atomic E-state index is 0.534. The molecule has 0 aliphatic carbocycles. The molecule has 21 heavy (non-hydrogen) atoms. The molecule has 2 aromatic carbocycles. The van der Waals surface area contributed by atoms with Crippen LogP contribution in [0, 0.1) is 6.92 Å². The van der Waals surface area contributed by atoms with Crippen LogP contribution >= 0.6 is 15.9 Å². The second kappa shape index (κ2) is 7.10. The Morgan fingerprint density at radius 2 is 1.90 bits per heavy atom. The topological polar surface area (TPSA) is 21.3 Å². The quantitative estimate of drug-likeness (QED) is 0.782. The Balaban J connectivity index is 2.28. The number of halogens is 1. The zero-order valence-electron chi connectivity index (χ0n) is 13.0. The minimum absolute atomic E-state index is 0.534. The van der Waals surface area contributed by atoms with Crippen LogP contribution in [-0.4, -0.2) is 7.05 Å². The molecule has 1 N–H and O–H groups in total. The summed E-state index contributed by atoms with van der Waals surface area (Å²) in [6.07, 6.45) is 0. The highest BCUT2D eigenvalue weighted by Gasteiger charge is 2.08. The third kappa shape index (κ3) is 4.08. The summed E-state index contributed by atoms with van der Waals surface area (Å²) in [7, 11) is 1.94. The molecule has 0 spiro atoms. The van der Waals surface area contributed by atoms with Gasteiger partial charge < -0.3 is 10.1 Å². The van der Waals surface area contributed by atoms with E-state index in [0.717, 1.165) is 28.1 Å². The molecule has 0 atom stereocenters. The van der Waals surface area contributed by atoms with Crippen LogP contribution < -0.4 is 10.1 Å². The van der Waals surface area contributed by atoms with Gasteiger partial charge in [-0.15, -0.1) is 0 Å². The normalized spacial score (nSPS) is 11.0. The Labute approximate surface area is 135 Å². The van der Waals surface area contributed by atoms with Crippen molar-refractivity contribution in [2.45, 2.75) is 33.2 Å². The minimum Gasteiger partial charge on any atom is -0.457 e. The Morgan fingerprint density at radius 3 is 2.52 bits per heavy atom. The van der Waals surface area contributed by atoms with Crippen LogP contribution in [0.4, 0.5) is 0 Å². The van der Waals surface area contributed by atoms with Crippen molar-refractivity contribution < 1.29 is 4.74 Å². The highest BCUT2D eigenvalue weighted by Crippen LogP contribution is 2.30. The maximum Gasteiger partial charge on any atom is 0.131 e. The van der Waals surface area contributed by atoms with E-state index in [1.807, 2.05) is 25.2 Å². The number of ether oxygens (including phenoxy) is 1. The van der Waals surface area contributed by atoms with Gasteiger partial charge >= 0.3 is 0 Å². The van der Waals surface area contributed by atoms with E-state index < -0.39 is 0 Å². The van der Waals surface area contributed by atoms with Crippen molar-refractivity contribution in [2.75, 3.05) is 7.05 Å². The lowest BCUT2D eigenvalue weighted by Gasteiger charge is -2.14. The highest BCUT2D eigenvalue weighted by atomic mass is 79.9. The molecular formula is C18H22BrNO. The van der Waals surface area contributed by atoms with Gasteiger partial charge in [0.05, 0.1) is 0 Å². The van der Waals surface area contributed by atoms with Gasteiger partial charge in [-0.25, -0.2) is 0 Å². The van der Waals surface area contributed by atoms with Gasteiger partial charge in [-0.3, -0.25) is 0 Å². The molecule has 0 aliphatic rings. The van der Waals surface area contributed by atoms with Crippen molar-refractivity contribution in [3.8, 4) is 11.5 Å². The van der Waals surface area contributed by atoms with Crippen molar-refractivity contribution in [3.63, 3.8) is 0 Å². The van der Waals surface area contributed by atoms with Crippen molar-refractivity contribution >= 4 is 15.9 Å². The smallest absolute Gasteiger partial charge is 0.131 e. The lowest BCUT2D eigenvalue weighted by atomic mass is 9.98. The van der Waals surface area contributed by atoms with Gasteiger partial charge in [0.2, 0.25) is 0 Å². The molecule has 112 valence electrons. The third-order valence-corrected chi connectivity index (χ3v) is 3.97. The van der Waals surface area contributed by atoms with Gasteiger partial charge in [0.25, 0.3) is 0 Å². The van der Waals surface area contributed by atoms with Crippen molar-refractivity contribution in [1.29, 1.82) is 0 Å². The van der Waals surface area contributed by atoms with Crippen LogP contribution in [0.3, 0.4) is 0 Å². The molecule has 2 rings (SSSR count). The van der Waals surface area contributed by atoms with Crippen molar-refractivity contribution in [1.82, 2.24) is 5.32 Å². The molecule has 0 aromatic heterocycles. The average molecular weight is 348 g/mol. The molecule has 0 fully saturated rings. The van der Waals surface area contributed by atoms with Gasteiger partial charge in [0.15, 0.2) is 0 Å². The maximum atomic E-state index is 6.07. The summed E-state index contributed by atoms with van der Waals surface area (Å²) in [5.74, 6) is 2.31. The molecule has 0 heterocycles. The van der Waals surface area contributed by atoms with Crippen LogP contribution in [0.5, 0.6) is 11.5 Å². The predicted octanol–water partition coefficient (Wildman–Crippen LogP) is 5.39. The Hall–Kier alpha value is -1.32.